The highest BCUT2D eigenvalue weighted by molar-refractivity contribution is 5.84. The van der Waals surface area contributed by atoms with Crippen LogP contribution in [0.2, 0.25) is 0 Å². The number of pyridine rings is 1. The molecule has 1 aliphatic rings. The zero-order chi connectivity index (χ0) is 17.1. The molecule has 0 aliphatic heterocycles. The summed E-state index contributed by atoms with van der Waals surface area (Å²) in [6.45, 7) is 0.263. The molecule has 0 saturated heterocycles. The zero-order valence-electron chi connectivity index (χ0n) is 14.1. The minimum Gasteiger partial charge on any atom is -0.468 e. The summed E-state index contributed by atoms with van der Waals surface area (Å²) < 4.78 is 10.5. The van der Waals surface area contributed by atoms with Crippen LogP contribution in [-0.2, 0) is 11.2 Å². The van der Waals surface area contributed by atoms with Gasteiger partial charge in [-0.2, -0.15) is 0 Å². The highest BCUT2D eigenvalue weighted by Gasteiger charge is 2.22. The van der Waals surface area contributed by atoms with Crippen LogP contribution in [0.5, 0.6) is 5.75 Å². The van der Waals surface area contributed by atoms with E-state index in [2.05, 4.69) is 32.4 Å². The van der Waals surface area contributed by atoms with Crippen molar-refractivity contribution in [1.82, 2.24) is 15.0 Å². The van der Waals surface area contributed by atoms with Crippen molar-refractivity contribution in [3.63, 3.8) is 0 Å². The minimum atomic E-state index is 0.209. The number of nitrogens with one attached hydrogen (secondary N) is 1. The highest BCUT2D eigenvalue weighted by atomic mass is 16.7. The fourth-order valence-corrected chi connectivity index (χ4v) is 3.32. The van der Waals surface area contributed by atoms with E-state index in [4.69, 9.17) is 9.47 Å². The Morgan fingerprint density at radius 1 is 1.20 bits per heavy atom. The lowest BCUT2D eigenvalue weighted by Gasteiger charge is -2.27. The van der Waals surface area contributed by atoms with Gasteiger partial charge in [-0.3, -0.25) is 4.98 Å². The maximum Gasteiger partial charge on any atom is 0.188 e. The average molecular weight is 336 g/mol. The van der Waals surface area contributed by atoms with Crippen LogP contribution in [0.1, 0.15) is 30.0 Å². The van der Waals surface area contributed by atoms with E-state index >= 15 is 0 Å². The molecular weight excluding hydrogens is 316 g/mol. The van der Waals surface area contributed by atoms with Crippen LogP contribution in [0, 0.1) is 0 Å². The lowest BCUT2D eigenvalue weighted by atomic mass is 9.87. The molecule has 1 unspecified atom stereocenters. The van der Waals surface area contributed by atoms with Gasteiger partial charge in [0.05, 0.1) is 11.6 Å². The Kier molecular flexibility index (Phi) is 4.43. The normalized spacial score (nSPS) is 16.4. The second kappa shape index (κ2) is 7.03. The first-order chi connectivity index (χ1) is 12.3. The van der Waals surface area contributed by atoms with Crippen LogP contribution in [-0.4, -0.2) is 28.9 Å². The average Bonchev–Trinajstić information content (AvgIpc) is 2.67. The fraction of sp³-hybridized carbons (Fsp3) is 0.316. The van der Waals surface area contributed by atoms with Crippen LogP contribution in [0.3, 0.4) is 0 Å². The number of methoxy groups -OCH3 is 1. The van der Waals surface area contributed by atoms with E-state index in [-0.39, 0.29) is 12.8 Å². The van der Waals surface area contributed by atoms with Crippen molar-refractivity contribution in [3.05, 3.63) is 54.0 Å². The van der Waals surface area contributed by atoms with Gasteiger partial charge < -0.3 is 14.8 Å². The summed E-state index contributed by atoms with van der Waals surface area (Å²) in [6.07, 6.45) is 6.59. The Morgan fingerprint density at radius 3 is 3.08 bits per heavy atom. The van der Waals surface area contributed by atoms with Crippen molar-refractivity contribution >= 4 is 16.9 Å². The standard InChI is InChI=1S/C19H20N4O2/c1-24-12-25-14-7-8-15-13(10-14)4-2-5-16(15)23-19-18-17(21-11-22-19)6-3-9-20-18/h3,6-11,16H,2,4-5,12H2,1H3,(H,21,22,23). The van der Waals surface area contributed by atoms with Crippen molar-refractivity contribution in [1.29, 1.82) is 0 Å². The smallest absolute Gasteiger partial charge is 0.188 e. The molecule has 2 aromatic heterocycles. The summed E-state index contributed by atoms with van der Waals surface area (Å²) in [5.41, 5.74) is 4.25. The number of nitrogens with zero attached hydrogens (tertiary/aromatic N) is 3. The van der Waals surface area contributed by atoms with Crippen LogP contribution < -0.4 is 10.1 Å². The van der Waals surface area contributed by atoms with Crippen LogP contribution in [0.15, 0.2) is 42.9 Å². The number of hydrogen-bond donors (Lipinski definition) is 1. The predicted molar refractivity (Wildman–Crippen MR) is 95.6 cm³/mol. The fourth-order valence-electron chi connectivity index (χ4n) is 3.32. The third-order valence-electron chi connectivity index (χ3n) is 4.48. The van der Waals surface area contributed by atoms with Gasteiger partial charge in [0.15, 0.2) is 12.6 Å². The van der Waals surface area contributed by atoms with Gasteiger partial charge in [0, 0.05) is 13.3 Å². The largest absolute Gasteiger partial charge is 0.468 e. The van der Waals surface area contributed by atoms with Crippen molar-refractivity contribution in [2.75, 3.05) is 19.2 Å². The monoisotopic (exact) mass is 336 g/mol. The molecule has 3 aromatic rings. The zero-order valence-corrected chi connectivity index (χ0v) is 14.1. The van der Waals surface area contributed by atoms with E-state index < -0.39 is 0 Å². The molecule has 0 amide bonds. The van der Waals surface area contributed by atoms with Gasteiger partial charge in [0.25, 0.3) is 0 Å². The van der Waals surface area contributed by atoms with E-state index in [1.165, 1.54) is 11.1 Å². The summed E-state index contributed by atoms with van der Waals surface area (Å²) in [5.74, 6) is 1.62. The van der Waals surface area contributed by atoms with E-state index in [0.29, 0.717) is 0 Å². The Hall–Kier alpha value is -2.73. The van der Waals surface area contributed by atoms with Crippen molar-refractivity contribution in [2.24, 2.45) is 0 Å². The number of aromatic nitrogens is 3. The number of aryl methyl sites for hydroxylation is 1. The van der Waals surface area contributed by atoms with E-state index in [1.54, 1.807) is 19.6 Å². The minimum absolute atomic E-state index is 0.209. The van der Waals surface area contributed by atoms with Crippen LogP contribution in [0.4, 0.5) is 5.82 Å². The number of anilines is 1. The molecule has 2 heterocycles. The molecule has 0 fully saturated rings. The third kappa shape index (κ3) is 3.25. The Morgan fingerprint density at radius 2 is 2.16 bits per heavy atom. The Labute approximate surface area is 146 Å². The number of fused-ring (bicyclic) bond motifs is 2. The van der Waals surface area contributed by atoms with Crippen molar-refractivity contribution in [3.8, 4) is 5.75 Å². The molecular formula is C19H20N4O2. The molecule has 0 saturated carbocycles. The molecule has 0 radical (unpaired) electrons. The van der Waals surface area contributed by atoms with E-state index in [9.17, 15) is 0 Å². The number of ether oxygens (including phenoxy) is 2. The first-order valence-electron chi connectivity index (χ1n) is 8.42. The molecule has 0 spiro atoms. The molecule has 1 aromatic carbocycles. The molecule has 0 bridgehead atoms. The summed E-state index contributed by atoms with van der Waals surface area (Å²) in [4.78, 5) is 13.1. The number of hydrogen-bond acceptors (Lipinski definition) is 6. The van der Waals surface area contributed by atoms with Gasteiger partial charge in [-0.1, -0.05) is 6.07 Å². The van der Waals surface area contributed by atoms with Crippen molar-refractivity contribution in [2.45, 2.75) is 25.3 Å². The highest BCUT2D eigenvalue weighted by Crippen LogP contribution is 2.35. The Bertz CT molecular complexity index is 879. The first kappa shape index (κ1) is 15.8. The molecule has 128 valence electrons. The van der Waals surface area contributed by atoms with Crippen molar-refractivity contribution < 1.29 is 9.47 Å². The van der Waals surface area contributed by atoms with Gasteiger partial charge in [-0.05, 0) is 54.7 Å². The summed E-state index contributed by atoms with van der Waals surface area (Å²) >= 11 is 0. The topological polar surface area (TPSA) is 69.2 Å². The van der Waals surface area contributed by atoms with Gasteiger partial charge in [-0.15, -0.1) is 0 Å². The van der Waals surface area contributed by atoms with E-state index in [1.807, 2.05) is 18.2 Å². The molecule has 1 N–H and O–H groups in total. The summed E-state index contributed by atoms with van der Waals surface area (Å²) in [6, 6.07) is 10.3. The molecule has 1 atom stereocenters. The molecule has 6 nitrogen and oxygen atoms in total. The molecule has 4 rings (SSSR count). The van der Waals surface area contributed by atoms with Gasteiger partial charge in [0.1, 0.15) is 17.6 Å². The SMILES string of the molecule is COCOc1ccc2c(c1)CCCC2Nc1ncnc2cccnc12. The molecule has 25 heavy (non-hydrogen) atoms. The van der Waals surface area contributed by atoms with Gasteiger partial charge in [-0.25, -0.2) is 9.97 Å². The van der Waals surface area contributed by atoms with Gasteiger partial charge in [0.2, 0.25) is 0 Å². The summed E-state index contributed by atoms with van der Waals surface area (Å²) in [5, 5.41) is 3.56. The third-order valence-corrected chi connectivity index (χ3v) is 4.48. The second-order valence-electron chi connectivity index (χ2n) is 6.09. The first-order valence-corrected chi connectivity index (χ1v) is 8.42. The maximum atomic E-state index is 5.56. The molecule has 1 aliphatic carbocycles. The van der Waals surface area contributed by atoms with E-state index in [0.717, 1.165) is 41.9 Å². The summed E-state index contributed by atoms with van der Waals surface area (Å²) in [7, 11) is 1.62. The maximum absolute atomic E-state index is 5.56. The Balaban J connectivity index is 1.62. The second-order valence-corrected chi connectivity index (χ2v) is 6.09. The molecule has 6 heteroatoms. The number of rotatable bonds is 5. The predicted octanol–water partition coefficient (Wildman–Crippen LogP) is 3.50. The van der Waals surface area contributed by atoms with Crippen LogP contribution in [0.25, 0.3) is 11.0 Å². The van der Waals surface area contributed by atoms with Gasteiger partial charge >= 0.3 is 0 Å². The lowest BCUT2D eigenvalue weighted by Crippen LogP contribution is -2.18. The van der Waals surface area contributed by atoms with Crippen LogP contribution >= 0.6 is 0 Å². The lowest BCUT2D eigenvalue weighted by molar-refractivity contribution is 0.0510. The quantitative estimate of drug-likeness (QED) is 0.719. The number of benzene rings is 1.